The SMILES string of the molecule is CCCCC=CCC=CCC=CCCCC(=O)O. The molecule has 0 atom stereocenters. The first-order valence-electron chi connectivity index (χ1n) is 6.94. The number of unbranched alkanes of at least 4 members (excludes halogenated alkanes) is 3. The summed E-state index contributed by atoms with van der Waals surface area (Å²) in [7, 11) is 0. The minimum atomic E-state index is -0.710. The largest absolute Gasteiger partial charge is 0.481 e. The molecule has 0 saturated carbocycles. The zero-order valence-corrected chi connectivity index (χ0v) is 11.5. The minimum Gasteiger partial charge on any atom is -0.481 e. The third-order valence-electron chi connectivity index (χ3n) is 2.53. The molecule has 0 aliphatic carbocycles. The number of allylic oxidation sites excluding steroid dienone is 6. The van der Waals surface area contributed by atoms with Gasteiger partial charge in [0, 0.05) is 6.42 Å². The molecule has 0 aliphatic rings. The molecule has 0 aliphatic heterocycles. The van der Waals surface area contributed by atoms with Gasteiger partial charge in [-0.3, -0.25) is 4.79 Å². The number of carboxylic acids is 1. The van der Waals surface area contributed by atoms with Crippen molar-refractivity contribution in [3.63, 3.8) is 0 Å². The smallest absolute Gasteiger partial charge is 0.303 e. The predicted octanol–water partition coefficient (Wildman–Crippen LogP) is 4.88. The van der Waals surface area contributed by atoms with E-state index in [-0.39, 0.29) is 6.42 Å². The number of carbonyl (C=O) groups is 1. The van der Waals surface area contributed by atoms with Crippen LogP contribution in [-0.2, 0) is 4.79 Å². The lowest BCUT2D eigenvalue weighted by molar-refractivity contribution is -0.137. The van der Waals surface area contributed by atoms with Gasteiger partial charge < -0.3 is 5.11 Å². The van der Waals surface area contributed by atoms with Crippen LogP contribution in [0.3, 0.4) is 0 Å². The van der Waals surface area contributed by atoms with E-state index in [0.29, 0.717) is 0 Å². The van der Waals surface area contributed by atoms with Crippen LogP contribution in [0.15, 0.2) is 36.5 Å². The monoisotopic (exact) mass is 250 g/mol. The minimum absolute atomic E-state index is 0.267. The second-order valence-corrected chi connectivity index (χ2v) is 4.31. The number of carboxylic acid groups (broad SMARTS) is 1. The Morgan fingerprint density at radius 2 is 1.39 bits per heavy atom. The van der Waals surface area contributed by atoms with Gasteiger partial charge in [0.2, 0.25) is 0 Å². The molecule has 2 heteroatoms. The maximum atomic E-state index is 10.3. The maximum absolute atomic E-state index is 10.3. The maximum Gasteiger partial charge on any atom is 0.303 e. The molecule has 0 heterocycles. The van der Waals surface area contributed by atoms with Gasteiger partial charge in [-0.1, -0.05) is 56.2 Å². The van der Waals surface area contributed by atoms with Crippen LogP contribution >= 0.6 is 0 Å². The van der Waals surface area contributed by atoms with Crippen molar-refractivity contribution in [3.05, 3.63) is 36.5 Å². The van der Waals surface area contributed by atoms with Crippen molar-refractivity contribution in [3.8, 4) is 0 Å². The van der Waals surface area contributed by atoms with Gasteiger partial charge in [-0.05, 0) is 32.1 Å². The van der Waals surface area contributed by atoms with Gasteiger partial charge in [0.05, 0.1) is 0 Å². The Balaban J connectivity index is 3.34. The average molecular weight is 250 g/mol. The van der Waals surface area contributed by atoms with Gasteiger partial charge in [-0.25, -0.2) is 0 Å². The first-order chi connectivity index (χ1) is 8.77. The lowest BCUT2D eigenvalue weighted by Crippen LogP contribution is -1.92. The molecule has 2 nitrogen and oxygen atoms in total. The standard InChI is InChI=1S/C16H26O2/c1-2-3-4-5-6-7-8-9-10-11-12-13-14-15-16(17)18/h5-6,8-9,11-12H,2-4,7,10,13-15H2,1H3,(H,17,18). The highest BCUT2D eigenvalue weighted by molar-refractivity contribution is 5.66. The number of aliphatic carboxylic acids is 1. The summed E-state index contributed by atoms with van der Waals surface area (Å²) in [6.45, 7) is 2.20. The number of hydrogen-bond acceptors (Lipinski definition) is 1. The molecular formula is C16H26O2. The first-order valence-corrected chi connectivity index (χ1v) is 6.94. The molecule has 18 heavy (non-hydrogen) atoms. The summed E-state index contributed by atoms with van der Waals surface area (Å²) in [6, 6.07) is 0. The summed E-state index contributed by atoms with van der Waals surface area (Å²) in [5, 5.41) is 8.45. The fourth-order valence-corrected chi connectivity index (χ4v) is 1.47. The van der Waals surface area contributed by atoms with Crippen molar-refractivity contribution in [2.75, 3.05) is 0 Å². The lowest BCUT2D eigenvalue weighted by atomic mass is 10.2. The highest BCUT2D eigenvalue weighted by atomic mass is 16.4. The highest BCUT2D eigenvalue weighted by Crippen LogP contribution is 1.99. The zero-order chi connectivity index (χ0) is 13.5. The molecule has 0 saturated heterocycles. The predicted molar refractivity (Wildman–Crippen MR) is 77.7 cm³/mol. The second-order valence-electron chi connectivity index (χ2n) is 4.31. The quantitative estimate of drug-likeness (QED) is 0.419. The molecule has 102 valence electrons. The summed E-state index contributed by atoms with van der Waals surface area (Å²) < 4.78 is 0. The average Bonchev–Trinajstić information content (AvgIpc) is 2.34. The van der Waals surface area contributed by atoms with Crippen LogP contribution in [0.2, 0.25) is 0 Å². The Kier molecular flexibility index (Phi) is 12.8. The molecule has 1 N–H and O–H groups in total. The Hall–Kier alpha value is -1.31. The molecular weight excluding hydrogens is 224 g/mol. The van der Waals surface area contributed by atoms with Gasteiger partial charge in [0.25, 0.3) is 0 Å². The van der Waals surface area contributed by atoms with Crippen LogP contribution in [0.4, 0.5) is 0 Å². The van der Waals surface area contributed by atoms with E-state index in [1.54, 1.807) is 0 Å². The van der Waals surface area contributed by atoms with Gasteiger partial charge in [-0.2, -0.15) is 0 Å². The van der Waals surface area contributed by atoms with E-state index >= 15 is 0 Å². The molecule has 0 unspecified atom stereocenters. The second kappa shape index (κ2) is 13.8. The van der Waals surface area contributed by atoms with Crippen molar-refractivity contribution in [1.29, 1.82) is 0 Å². The zero-order valence-electron chi connectivity index (χ0n) is 11.5. The summed E-state index contributed by atoms with van der Waals surface area (Å²) in [5.74, 6) is -0.710. The molecule has 0 radical (unpaired) electrons. The van der Waals surface area contributed by atoms with Crippen LogP contribution in [0, 0.1) is 0 Å². The van der Waals surface area contributed by atoms with Crippen LogP contribution in [0.1, 0.15) is 58.3 Å². The van der Waals surface area contributed by atoms with Crippen molar-refractivity contribution in [1.82, 2.24) is 0 Å². The normalized spacial score (nSPS) is 12.1. The molecule has 0 aromatic carbocycles. The molecule has 0 aromatic rings. The number of hydrogen-bond donors (Lipinski definition) is 1. The van der Waals surface area contributed by atoms with Gasteiger partial charge in [0.15, 0.2) is 0 Å². The van der Waals surface area contributed by atoms with E-state index in [9.17, 15) is 4.79 Å². The molecule has 0 spiro atoms. The van der Waals surface area contributed by atoms with Crippen molar-refractivity contribution >= 4 is 5.97 Å². The third kappa shape index (κ3) is 14.7. The Morgan fingerprint density at radius 1 is 0.889 bits per heavy atom. The van der Waals surface area contributed by atoms with Gasteiger partial charge in [-0.15, -0.1) is 0 Å². The highest BCUT2D eigenvalue weighted by Gasteiger charge is 1.92. The molecule has 0 bridgehead atoms. The van der Waals surface area contributed by atoms with Crippen LogP contribution in [-0.4, -0.2) is 11.1 Å². The lowest BCUT2D eigenvalue weighted by Gasteiger charge is -1.90. The van der Waals surface area contributed by atoms with Crippen LogP contribution in [0.25, 0.3) is 0 Å². The molecule has 0 rings (SSSR count). The van der Waals surface area contributed by atoms with Gasteiger partial charge in [0.1, 0.15) is 0 Å². The van der Waals surface area contributed by atoms with E-state index in [2.05, 4.69) is 43.4 Å². The van der Waals surface area contributed by atoms with Gasteiger partial charge >= 0.3 is 5.97 Å². The third-order valence-corrected chi connectivity index (χ3v) is 2.53. The molecule has 0 fully saturated rings. The van der Waals surface area contributed by atoms with Crippen molar-refractivity contribution in [2.45, 2.75) is 58.3 Å². The van der Waals surface area contributed by atoms with Crippen LogP contribution < -0.4 is 0 Å². The summed E-state index contributed by atoms with van der Waals surface area (Å²) in [6.07, 6.45) is 20.5. The number of rotatable bonds is 11. The Labute approximate surface area is 111 Å². The van der Waals surface area contributed by atoms with E-state index in [4.69, 9.17) is 5.11 Å². The fraction of sp³-hybridized carbons (Fsp3) is 0.562. The topological polar surface area (TPSA) is 37.3 Å². The summed E-state index contributed by atoms with van der Waals surface area (Å²) in [4.78, 5) is 10.3. The Morgan fingerprint density at radius 3 is 1.89 bits per heavy atom. The van der Waals surface area contributed by atoms with E-state index in [1.165, 1.54) is 19.3 Å². The van der Waals surface area contributed by atoms with E-state index < -0.39 is 5.97 Å². The Bertz CT molecular complexity index is 275. The summed E-state index contributed by atoms with van der Waals surface area (Å²) in [5.41, 5.74) is 0. The van der Waals surface area contributed by atoms with Crippen molar-refractivity contribution < 1.29 is 9.90 Å². The van der Waals surface area contributed by atoms with E-state index in [1.807, 2.05) is 0 Å². The van der Waals surface area contributed by atoms with E-state index in [0.717, 1.165) is 25.7 Å². The summed E-state index contributed by atoms with van der Waals surface area (Å²) >= 11 is 0. The molecule has 0 amide bonds. The fourth-order valence-electron chi connectivity index (χ4n) is 1.47. The van der Waals surface area contributed by atoms with Crippen molar-refractivity contribution in [2.24, 2.45) is 0 Å². The molecule has 0 aromatic heterocycles. The first kappa shape index (κ1) is 16.7. The van der Waals surface area contributed by atoms with Crippen LogP contribution in [0.5, 0.6) is 0 Å².